The molecule has 0 aliphatic carbocycles. The van der Waals surface area contributed by atoms with Crippen molar-refractivity contribution in [1.82, 2.24) is 14.1 Å². The number of nitrogens with two attached hydrogens (primary N) is 1. The first-order chi connectivity index (χ1) is 16.8. The zero-order valence-corrected chi connectivity index (χ0v) is 21.3. The summed E-state index contributed by atoms with van der Waals surface area (Å²) >= 11 is 6.15. The Labute approximate surface area is 211 Å². The van der Waals surface area contributed by atoms with Gasteiger partial charge in [-0.1, -0.05) is 11.6 Å². The Hall–Kier alpha value is -1.88. The Bertz CT molecular complexity index is 1100. The topological polar surface area (TPSA) is 113 Å². The lowest BCUT2D eigenvalue weighted by atomic mass is 9.94. The number of rotatable bonds is 4. The molecule has 1 aromatic rings. The summed E-state index contributed by atoms with van der Waals surface area (Å²) in [5.74, 6) is -0.388. The average molecular weight is 525 g/mol. The molecule has 0 saturated carbocycles. The van der Waals surface area contributed by atoms with E-state index in [9.17, 15) is 18.0 Å². The molecule has 2 unspecified atom stereocenters. The van der Waals surface area contributed by atoms with Gasteiger partial charge in [-0.15, -0.1) is 0 Å². The standard InChI is InChI=1S/C24H33ClN4O5S/c25-17-8-9-22-20(12-17)21-7-1-5-19(29(21)35(22,32)33)15-34-24(31)28-11-3-6-18(14-28)27-10-2-4-16(13-27)23(26)30/h8-9,12,16,18-19,21H,1-7,10-11,13-15H2,(H2,26,30)/t16?,18?,19-,21+/m1/s1. The highest BCUT2D eigenvalue weighted by atomic mass is 35.5. The number of carbonyl (C=O) groups excluding carboxylic acids is 2. The Kier molecular flexibility index (Phi) is 7.00. The van der Waals surface area contributed by atoms with Crippen LogP contribution in [0.25, 0.3) is 0 Å². The molecule has 11 heteroatoms. The normalized spacial score (nSPS) is 30.9. The first-order valence-electron chi connectivity index (χ1n) is 12.5. The predicted molar refractivity (Wildman–Crippen MR) is 130 cm³/mol. The predicted octanol–water partition coefficient (Wildman–Crippen LogP) is 2.74. The fourth-order valence-corrected chi connectivity index (χ4v) is 8.50. The number of likely N-dealkylation sites (tertiary alicyclic amines) is 2. The second kappa shape index (κ2) is 9.88. The number of amides is 2. The molecule has 192 valence electrons. The largest absolute Gasteiger partial charge is 0.448 e. The molecule has 3 fully saturated rings. The van der Waals surface area contributed by atoms with Crippen LogP contribution in [0, 0.1) is 5.92 Å². The third-order valence-electron chi connectivity index (χ3n) is 7.99. The second-order valence-corrected chi connectivity index (χ2v) is 12.4. The van der Waals surface area contributed by atoms with E-state index in [1.165, 1.54) is 4.31 Å². The summed E-state index contributed by atoms with van der Waals surface area (Å²) in [5.41, 5.74) is 6.27. The zero-order valence-electron chi connectivity index (χ0n) is 19.8. The van der Waals surface area contributed by atoms with Crippen molar-refractivity contribution in [3.63, 3.8) is 0 Å². The first kappa shape index (κ1) is 24.8. The van der Waals surface area contributed by atoms with Crippen LogP contribution < -0.4 is 5.73 Å². The lowest BCUT2D eigenvalue weighted by Gasteiger charge is -2.42. The fraction of sp³-hybridized carbons (Fsp3) is 0.667. The molecule has 1 aromatic carbocycles. The molecule has 4 aliphatic rings. The van der Waals surface area contributed by atoms with Crippen molar-refractivity contribution in [1.29, 1.82) is 0 Å². The molecular weight excluding hydrogens is 492 g/mol. The van der Waals surface area contributed by atoms with E-state index < -0.39 is 22.2 Å². The van der Waals surface area contributed by atoms with Crippen molar-refractivity contribution < 1.29 is 22.7 Å². The van der Waals surface area contributed by atoms with Gasteiger partial charge in [-0.25, -0.2) is 13.2 Å². The average Bonchev–Trinajstić information content (AvgIpc) is 3.09. The summed E-state index contributed by atoms with van der Waals surface area (Å²) in [5, 5.41) is 0.518. The van der Waals surface area contributed by atoms with E-state index >= 15 is 0 Å². The van der Waals surface area contributed by atoms with Crippen LogP contribution in [0.3, 0.4) is 0 Å². The summed E-state index contributed by atoms with van der Waals surface area (Å²) in [7, 11) is -3.66. The van der Waals surface area contributed by atoms with E-state index in [1.54, 1.807) is 23.1 Å². The molecule has 3 saturated heterocycles. The highest BCUT2D eigenvalue weighted by molar-refractivity contribution is 7.89. The number of fused-ring (bicyclic) bond motifs is 3. The molecule has 4 atom stereocenters. The monoisotopic (exact) mass is 524 g/mol. The van der Waals surface area contributed by atoms with Crippen LogP contribution in [0.5, 0.6) is 0 Å². The molecular formula is C24H33ClN4O5S. The van der Waals surface area contributed by atoms with Crippen LogP contribution in [0.1, 0.15) is 56.6 Å². The van der Waals surface area contributed by atoms with Crippen LogP contribution in [-0.4, -0.2) is 79.4 Å². The number of nitrogens with zero attached hydrogens (tertiary/aromatic N) is 3. The Morgan fingerprint density at radius 1 is 1.06 bits per heavy atom. The SMILES string of the molecule is NC(=O)C1CCCN(C2CCCN(C(=O)OC[C@H]3CCC[C@H]4c5cc(Cl)ccc5S(=O)(=O)N34)C2)C1. The number of benzene rings is 1. The molecule has 4 heterocycles. The third-order valence-corrected chi connectivity index (χ3v) is 10.3. The third kappa shape index (κ3) is 4.77. The van der Waals surface area contributed by atoms with Crippen LogP contribution in [-0.2, 0) is 19.6 Å². The minimum atomic E-state index is -3.66. The van der Waals surface area contributed by atoms with E-state index in [1.807, 2.05) is 0 Å². The van der Waals surface area contributed by atoms with Crippen LogP contribution in [0.15, 0.2) is 23.1 Å². The van der Waals surface area contributed by atoms with Crippen LogP contribution in [0.4, 0.5) is 4.79 Å². The molecule has 35 heavy (non-hydrogen) atoms. The maximum Gasteiger partial charge on any atom is 0.409 e. The van der Waals surface area contributed by atoms with Gasteiger partial charge in [-0.3, -0.25) is 9.69 Å². The lowest BCUT2D eigenvalue weighted by molar-refractivity contribution is -0.124. The number of carbonyl (C=O) groups is 2. The molecule has 4 aliphatic heterocycles. The van der Waals surface area contributed by atoms with Crippen LogP contribution in [0.2, 0.25) is 5.02 Å². The molecule has 0 radical (unpaired) electrons. The van der Waals surface area contributed by atoms with E-state index in [0.717, 1.165) is 50.6 Å². The van der Waals surface area contributed by atoms with Crippen molar-refractivity contribution in [3.8, 4) is 0 Å². The van der Waals surface area contributed by atoms with E-state index in [2.05, 4.69) is 4.90 Å². The van der Waals surface area contributed by atoms with Gasteiger partial charge in [0.1, 0.15) is 6.61 Å². The summed E-state index contributed by atoms with van der Waals surface area (Å²) < 4.78 is 33.8. The van der Waals surface area contributed by atoms with Gasteiger partial charge in [0.15, 0.2) is 0 Å². The highest BCUT2D eigenvalue weighted by Gasteiger charge is 2.48. The number of halogens is 1. The fourth-order valence-electron chi connectivity index (χ4n) is 6.24. The maximum atomic E-state index is 13.3. The quantitative estimate of drug-likeness (QED) is 0.648. The Morgan fingerprint density at radius 3 is 2.66 bits per heavy atom. The van der Waals surface area contributed by atoms with Crippen molar-refractivity contribution in [2.45, 2.75) is 68.0 Å². The number of primary amides is 1. The van der Waals surface area contributed by atoms with Crippen molar-refractivity contribution in [2.75, 3.05) is 32.8 Å². The van der Waals surface area contributed by atoms with Crippen molar-refractivity contribution in [2.24, 2.45) is 11.7 Å². The summed E-state index contributed by atoms with van der Waals surface area (Å²) in [4.78, 5) is 28.9. The van der Waals surface area contributed by atoms with Gasteiger partial charge in [0, 0.05) is 30.7 Å². The van der Waals surface area contributed by atoms with Crippen molar-refractivity contribution >= 4 is 33.6 Å². The number of ether oxygens (including phenoxy) is 1. The van der Waals surface area contributed by atoms with Gasteiger partial charge in [0.05, 0.1) is 22.9 Å². The Morgan fingerprint density at radius 2 is 1.86 bits per heavy atom. The number of hydrogen-bond acceptors (Lipinski definition) is 6. The van der Waals surface area contributed by atoms with Gasteiger partial charge < -0.3 is 15.4 Å². The molecule has 2 amide bonds. The molecule has 0 bridgehead atoms. The van der Waals surface area contributed by atoms with Gasteiger partial charge in [0.2, 0.25) is 15.9 Å². The summed E-state index contributed by atoms with van der Waals surface area (Å²) in [6.07, 6.45) is 5.40. The summed E-state index contributed by atoms with van der Waals surface area (Å²) in [6, 6.07) is 4.44. The minimum Gasteiger partial charge on any atom is -0.448 e. The zero-order chi connectivity index (χ0) is 24.7. The van der Waals surface area contributed by atoms with Crippen LogP contribution >= 0.6 is 11.6 Å². The molecule has 0 spiro atoms. The number of hydrogen-bond donors (Lipinski definition) is 1. The van der Waals surface area contributed by atoms with Crippen molar-refractivity contribution in [3.05, 3.63) is 28.8 Å². The highest BCUT2D eigenvalue weighted by Crippen LogP contribution is 2.47. The molecule has 0 aromatic heterocycles. The molecule has 2 N–H and O–H groups in total. The number of piperidine rings is 3. The number of sulfonamides is 1. The first-order valence-corrected chi connectivity index (χ1v) is 14.4. The van der Waals surface area contributed by atoms with E-state index in [4.69, 9.17) is 22.1 Å². The van der Waals surface area contributed by atoms with E-state index in [-0.39, 0.29) is 30.5 Å². The van der Waals surface area contributed by atoms with Gasteiger partial charge >= 0.3 is 6.09 Å². The van der Waals surface area contributed by atoms with Gasteiger partial charge in [-0.05, 0) is 75.3 Å². The second-order valence-electron chi connectivity index (χ2n) is 10.2. The van der Waals surface area contributed by atoms with Gasteiger partial charge in [-0.2, -0.15) is 4.31 Å². The summed E-state index contributed by atoms with van der Waals surface area (Å²) in [6.45, 7) is 2.73. The molecule has 9 nitrogen and oxygen atoms in total. The molecule has 5 rings (SSSR count). The minimum absolute atomic E-state index is 0.0327. The van der Waals surface area contributed by atoms with Gasteiger partial charge in [0.25, 0.3) is 0 Å². The Balaban J connectivity index is 1.21. The lowest BCUT2D eigenvalue weighted by Crippen LogP contribution is -2.54. The smallest absolute Gasteiger partial charge is 0.409 e. The maximum absolute atomic E-state index is 13.3. The van der Waals surface area contributed by atoms with E-state index in [0.29, 0.717) is 36.0 Å².